The van der Waals surface area contributed by atoms with Crippen LogP contribution in [0.15, 0.2) is 12.1 Å². The summed E-state index contributed by atoms with van der Waals surface area (Å²) in [5.74, 6) is 6.40. The third-order valence-corrected chi connectivity index (χ3v) is 4.76. The van der Waals surface area contributed by atoms with Gasteiger partial charge in [0.15, 0.2) is 0 Å². The summed E-state index contributed by atoms with van der Waals surface area (Å²) in [5, 5.41) is 0.383. The average molecular weight is 295 g/mol. The van der Waals surface area contributed by atoms with Gasteiger partial charge in [0.1, 0.15) is 11.5 Å². The van der Waals surface area contributed by atoms with E-state index in [1.54, 1.807) is 12.1 Å². The number of piperidine rings is 1. The highest BCUT2D eigenvalue weighted by molar-refractivity contribution is 6.33. The molecule has 5 nitrogen and oxygen atoms in total. The lowest BCUT2D eigenvalue weighted by molar-refractivity contribution is 0.0542. The first-order valence-corrected chi connectivity index (χ1v) is 7.52. The van der Waals surface area contributed by atoms with E-state index in [9.17, 15) is 4.79 Å². The summed E-state index contributed by atoms with van der Waals surface area (Å²) < 4.78 is 0. The Balaban J connectivity index is 1.88. The van der Waals surface area contributed by atoms with Crippen LogP contribution in [0.3, 0.4) is 0 Å². The number of hydrogen-bond donors (Lipinski definition) is 2. The summed E-state index contributed by atoms with van der Waals surface area (Å²) in [4.78, 5) is 18.9. The van der Waals surface area contributed by atoms with E-state index >= 15 is 0 Å². The monoisotopic (exact) mass is 294 g/mol. The summed E-state index contributed by atoms with van der Waals surface area (Å²) in [6.45, 7) is 0.804. The van der Waals surface area contributed by atoms with Crippen molar-refractivity contribution >= 4 is 23.3 Å². The second-order valence-corrected chi connectivity index (χ2v) is 5.98. The number of halogens is 1. The van der Waals surface area contributed by atoms with Gasteiger partial charge in [-0.15, -0.1) is 0 Å². The molecule has 2 heterocycles. The van der Waals surface area contributed by atoms with Crippen LogP contribution in [0, 0.1) is 5.92 Å². The second kappa shape index (κ2) is 5.58. The summed E-state index contributed by atoms with van der Waals surface area (Å²) in [6, 6.07) is 3.68. The van der Waals surface area contributed by atoms with Crippen molar-refractivity contribution in [2.45, 2.75) is 38.1 Å². The van der Waals surface area contributed by atoms with E-state index in [0.29, 0.717) is 28.5 Å². The smallest absolute Gasteiger partial charge is 0.274 e. The lowest BCUT2D eigenvalue weighted by atomic mass is 9.91. The van der Waals surface area contributed by atoms with Crippen LogP contribution >= 0.6 is 11.6 Å². The van der Waals surface area contributed by atoms with Gasteiger partial charge in [0, 0.05) is 12.6 Å². The Morgan fingerprint density at radius 3 is 2.95 bits per heavy atom. The number of nitrogens with two attached hydrogens (primary N) is 1. The molecule has 1 aromatic heterocycles. The number of carbonyl (C=O) groups excluding carboxylic acids is 1. The number of pyridine rings is 1. The highest BCUT2D eigenvalue weighted by Crippen LogP contribution is 2.37. The van der Waals surface area contributed by atoms with Crippen LogP contribution in [0.5, 0.6) is 0 Å². The highest BCUT2D eigenvalue weighted by Gasteiger charge is 2.38. The number of aromatic nitrogens is 1. The Bertz CT molecular complexity index is 522. The number of rotatable bonds is 2. The molecule has 1 amide bonds. The van der Waals surface area contributed by atoms with Crippen molar-refractivity contribution in [1.29, 1.82) is 0 Å². The average Bonchev–Trinajstić information content (AvgIpc) is 2.95. The van der Waals surface area contributed by atoms with Crippen LogP contribution in [-0.4, -0.2) is 28.4 Å². The molecule has 0 aromatic carbocycles. The summed E-state index contributed by atoms with van der Waals surface area (Å²) in [6.07, 6.45) is 5.85. The molecule has 20 heavy (non-hydrogen) atoms. The normalized spacial score (nSPS) is 25.4. The molecule has 2 aliphatic rings. The van der Waals surface area contributed by atoms with Crippen LogP contribution < -0.4 is 11.3 Å². The number of fused-ring (bicyclic) bond motifs is 1. The minimum absolute atomic E-state index is 0.0660. The van der Waals surface area contributed by atoms with Crippen molar-refractivity contribution < 1.29 is 4.79 Å². The molecule has 3 N–H and O–H groups in total. The van der Waals surface area contributed by atoms with Gasteiger partial charge in [0.2, 0.25) is 0 Å². The van der Waals surface area contributed by atoms with Gasteiger partial charge < -0.3 is 10.3 Å². The largest absolute Gasteiger partial charge is 0.334 e. The number of carbonyl (C=O) groups is 1. The van der Waals surface area contributed by atoms with E-state index in [0.717, 1.165) is 19.4 Å². The lowest BCUT2D eigenvalue weighted by Gasteiger charge is -2.37. The van der Waals surface area contributed by atoms with E-state index in [1.165, 1.54) is 19.3 Å². The first kappa shape index (κ1) is 13.6. The number of hydrogen-bond acceptors (Lipinski definition) is 4. The summed E-state index contributed by atoms with van der Waals surface area (Å²) in [7, 11) is 0. The maximum absolute atomic E-state index is 12.7. The van der Waals surface area contributed by atoms with Gasteiger partial charge in [-0.1, -0.05) is 18.0 Å². The first-order chi connectivity index (χ1) is 9.70. The number of nitrogens with zero attached hydrogens (tertiary/aromatic N) is 2. The first-order valence-electron chi connectivity index (χ1n) is 7.15. The van der Waals surface area contributed by atoms with Gasteiger partial charge in [-0.25, -0.2) is 10.8 Å². The third-order valence-electron chi connectivity index (χ3n) is 4.45. The Kier molecular flexibility index (Phi) is 3.81. The molecule has 0 spiro atoms. The molecule has 2 fully saturated rings. The molecule has 1 saturated heterocycles. The van der Waals surface area contributed by atoms with E-state index in [2.05, 4.69) is 10.4 Å². The predicted octanol–water partition coefficient (Wildman–Crippen LogP) is 2.43. The topological polar surface area (TPSA) is 71.2 Å². The minimum Gasteiger partial charge on any atom is -0.334 e. The standard InChI is InChI=1S/C14H19ClN4O/c15-10-6-7-12(18-16)17-13(10)14(20)19-8-2-4-9-3-1-5-11(9)19/h6-7,9,11H,1-5,8,16H2,(H,17,18). The Hall–Kier alpha value is -1.33. The van der Waals surface area contributed by atoms with Gasteiger partial charge in [-0.3, -0.25) is 4.79 Å². The van der Waals surface area contributed by atoms with Crippen molar-refractivity contribution in [3.63, 3.8) is 0 Å². The fourth-order valence-electron chi connectivity index (χ4n) is 3.51. The minimum atomic E-state index is -0.0660. The van der Waals surface area contributed by atoms with Crippen molar-refractivity contribution in [3.8, 4) is 0 Å². The van der Waals surface area contributed by atoms with Gasteiger partial charge in [-0.05, 0) is 43.7 Å². The summed E-state index contributed by atoms with van der Waals surface area (Å²) >= 11 is 6.13. The number of hydrazine groups is 1. The zero-order chi connectivity index (χ0) is 14.1. The molecular weight excluding hydrogens is 276 g/mol. The Morgan fingerprint density at radius 1 is 1.35 bits per heavy atom. The zero-order valence-corrected chi connectivity index (χ0v) is 12.1. The van der Waals surface area contributed by atoms with Crippen LogP contribution in [-0.2, 0) is 0 Å². The van der Waals surface area contributed by atoms with Gasteiger partial charge >= 0.3 is 0 Å². The maximum atomic E-state index is 12.7. The fourth-order valence-corrected chi connectivity index (χ4v) is 3.70. The predicted molar refractivity (Wildman–Crippen MR) is 78.5 cm³/mol. The molecule has 0 bridgehead atoms. The van der Waals surface area contributed by atoms with Crippen molar-refractivity contribution in [2.24, 2.45) is 11.8 Å². The number of anilines is 1. The molecule has 1 aliphatic carbocycles. The van der Waals surface area contributed by atoms with Crippen molar-refractivity contribution in [1.82, 2.24) is 9.88 Å². The SMILES string of the molecule is NNc1ccc(Cl)c(C(=O)N2CCCC3CCCC32)n1. The fraction of sp³-hybridized carbons (Fsp3) is 0.571. The Morgan fingerprint density at radius 2 is 2.15 bits per heavy atom. The number of amides is 1. The van der Waals surface area contributed by atoms with Crippen LogP contribution in [0.4, 0.5) is 5.82 Å². The van der Waals surface area contributed by atoms with Gasteiger partial charge in [0.25, 0.3) is 5.91 Å². The molecule has 1 aliphatic heterocycles. The van der Waals surface area contributed by atoms with Crippen LogP contribution in [0.25, 0.3) is 0 Å². The molecule has 3 rings (SSSR count). The molecule has 0 radical (unpaired) electrons. The summed E-state index contributed by atoms with van der Waals surface area (Å²) in [5.41, 5.74) is 2.76. The second-order valence-electron chi connectivity index (χ2n) is 5.57. The number of likely N-dealkylation sites (tertiary alicyclic amines) is 1. The van der Waals surface area contributed by atoms with Gasteiger partial charge in [-0.2, -0.15) is 0 Å². The number of nitrogens with one attached hydrogen (secondary N) is 1. The molecule has 2 unspecified atom stereocenters. The Labute approximate surface area is 123 Å². The zero-order valence-electron chi connectivity index (χ0n) is 11.3. The molecular formula is C14H19ClN4O. The molecule has 108 valence electrons. The molecule has 1 aromatic rings. The van der Waals surface area contributed by atoms with E-state index in [4.69, 9.17) is 17.4 Å². The van der Waals surface area contributed by atoms with E-state index < -0.39 is 0 Å². The van der Waals surface area contributed by atoms with Crippen molar-refractivity contribution in [3.05, 3.63) is 22.8 Å². The third kappa shape index (κ3) is 2.36. The van der Waals surface area contributed by atoms with Crippen LogP contribution in [0.1, 0.15) is 42.6 Å². The molecule has 1 saturated carbocycles. The highest BCUT2D eigenvalue weighted by atomic mass is 35.5. The molecule has 2 atom stereocenters. The lowest BCUT2D eigenvalue weighted by Crippen LogP contribution is -2.46. The van der Waals surface area contributed by atoms with E-state index in [1.807, 2.05) is 4.90 Å². The van der Waals surface area contributed by atoms with Crippen molar-refractivity contribution in [2.75, 3.05) is 12.0 Å². The van der Waals surface area contributed by atoms with E-state index in [-0.39, 0.29) is 5.91 Å². The maximum Gasteiger partial charge on any atom is 0.274 e. The quantitative estimate of drug-likeness (QED) is 0.649. The van der Waals surface area contributed by atoms with Crippen LogP contribution in [0.2, 0.25) is 5.02 Å². The van der Waals surface area contributed by atoms with Gasteiger partial charge in [0.05, 0.1) is 5.02 Å². The molecule has 6 heteroatoms. The number of nitrogen functional groups attached to an aromatic ring is 1.